The van der Waals surface area contributed by atoms with Crippen molar-refractivity contribution in [2.45, 2.75) is 58.2 Å². The molecule has 0 aliphatic carbocycles. The van der Waals surface area contributed by atoms with E-state index in [0.29, 0.717) is 11.3 Å². The van der Waals surface area contributed by atoms with Gasteiger partial charge in [0.25, 0.3) is 0 Å². The van der Waals surface area contributed by atoms with E-state index in [1.165, 1.54) is 0 Å². The van der Waals surface area contributed by atoms with E-state index in [9.17, 15) is 19.8 Å². The first-order chi connectivity index (χ1) is 28.4. The number of carbonyl (C=O) groups is 2. The van der Waals surface area contributed by atoms with Crippen molar-refractivity contribution < 1.29 is 19.8 Å². The lowest BCUT2D eigenvalue weighted by Gasteiger charge is -2.61. The van der Waals surface area contributed by atoms with E-state index >= 15 is 0 Å². The molecule has 59 heavy (non-hydrogen) atoms. The molecule has 3 fully saturated rings. The van der Waals surface area contributed by atoms with Gasteiger partial charge in [0.15, 0.2) is 0 Å². The first kappa shape index (κ1) is 38.6. The number of aryl methyl sites for hydroxylation is 1. The number of phenols is 1. The minimum Gasteiger partial charge on any atom is -0.507 e. The summed E-state index contributed by atoms with van der Waals surface area (Å²) < 4.78 is 0. The van der Waals surface area contributed by atoms with Crippen LogP contribution >= 0.6 is 11.3 Å². The summed E-state index contributed by atoms with van der Waals surface area (Å²) in [6, 6.07) is 26.3. The number of anilines is 2. The minimum absolute atomic E-state index is 0.0505. The Labute approximate surface area is 347 Å². The van der Waals surface area contributed by atoms with Gasteiger partial charge in [0, 0.05) is 67.4 Å². The normalized spacial score (nSPS) is 19.5. The number of nitrogens with zero attached hydrogens (tertiary/aromatic N) is 7. The fourth-order valence-electron chi connectivity index (χ4n) is 9.11. The predicted molar refractivity (Wildman–Crippen MR) is 230 cm³/mol. The third-order valence-electron chi connectivity index (χ3n) is 12.2. The molecule has 3 saturated heterocycles. The maximum absolute atomic E-state index is 14.4. The van der Waals surface area contributed by atoms with Gasteiger partial charge in [-0.25, -0.2) is 9.97 Å². The Morgan fingerprint density at radius 2 is 1.64 bits per heavy atom. The van der Waals surface area contributed by atoms with Crippen molar-refractivity contribution in [2.24, 2.45) is 11.3 Å². The molecule has 6 aromatic rings. The van der Waals surface area contributed by atoms with Crippen LogP contribution < -0.4 is 15.1 Å². The Morgan fingerprint density at radius 3 is 2.37 bits per heavy atom. The molecule has 6 heterocycles. The van der Waals surface area contributed by atoms with Crippen LogP contribution in [-0.4, -0.2) is 92.0 Å². The van der Waals surface area contributed by atoms with Crippen LogP contribution in [0.15, 0.2) is 96.6 Å². The van der Waals surface area contributed by atoms with Crippen molar-refractivity contribution in [3.63, 3.8) is 0 Å². The number of hydrogen-bond acceptors (Lipinski definition) is 11. The van der Waals surface area contributed by atoms with E-state index in [1.54, 1.807) is 34.6 Å². The Hall–Kier alpha value is -5.92. The average molecular weight is 809 g/mol. The average Bonchev–Trinajstić information content (AvgIpc) is 3.82. The Balaban J connectivity index is 0.831. The zero-order valence-electron chi connectivity index (χ0n) is 33.6. The van der Waals surface area contributed by atoms with Crippen molar-refractivity contribution in [3.05, 3.63) is 113 Å². The molecule has 3 aromatic heterocycles. The maximum Gasteiger partial charge on any atom is 0.243 e. The van der Waals surface area contributed by atoms with Gasteiger partial charge in [-0.05, 0) is 78.9 Å². The van der Waals surface area contributed by atoms with E-state index in [1.807, 2.05) is 87.8 Å². The fourth-order valence-corrected chi connectivity index (χ4v) is 9.92. The highest BCUT2D eigenvalue weighted by Crippen LogP contribution is 2.44. The summed E-state index contributed by atoms with van der Waals surface area (Å²) in [6.45, 7) is 11.7. The van der Waals surface area contributed by atoms with E-state index < -0.39 is 18.1 Å². The van der Waals surface area contributed by atoms with Crippen molar-refractivity contribution in [2.75, 3.05) is 42.5 Å². The van der Waals surface area contributed by atoms with Crippen LogP contribution in [0.3, 0.4) is 0 Å². The van der Waals surface area contributed by atoms with Gasteiger partial charge >= 0.3 is 0 Å². The van der Waals surface area contributed by atoms with E-state index in [2.05, 4.69) is 48.5 Å². The number of rotatable bonds is 10. The second-order valence-electron chi connectivity index (χ2n) is 16.9. The minimum atomic E-state index is -0.780. The molecule has 1 spiro atoms. The molecule has 302 valence electrons. The largest absolute Gasteiger partial charge is 0.507 e. The van der Waals surface area contributed by atoms with Gasteiger partial charge in [-0.15, -0.1) is 21.5 Å². The number of fused-ring (bicyclic) bond motifs is 1. The number of nitrogens with one attached hydrogen (secondary N) is 1. The molecule has 9 rings (SSSR count). The van der Waals surface area contributed by atoms with Gasteiger partial charge in [0.05, 0.1) is 45.4 Å². The Morgan fingerprint density at radius 1 is 0.881 bits per heavy atom. The SMILES string of the molecule is Cc1ncsc1-c1ccc([C@H](C)NC(=O)[C@@H]2C[C@@H](O)CN2C(=O)C(c2ccnc(N3CC4(CN(c5ccc6cc(-c7ccccc7O)nnc6c5)C4)C3)c2)C(C)C)cc1. The predicted octanol–water partition coefficient (Wildman–Crippen LogP) is 6.73. The number of likely N-dealkylation sites (tertiary alicyclic amines) is 1. The third kappa shape index (κ3) is 7.38. The van der Waals surface area contributed by atoms with E-state index in [-0.39, 0.29) is 47.9 Å². The summed E-state index contributed by atoms with van der Waals surface area (Å²) in [4.78, 5) is 44.6. The molecule has 1 unspecified atom stereocenters. The van der Waals surface area contributed by atoms with Crippen LogP contribution in [0.1, 0.15) is 56.0 Å². The van der Waals surface area contributed by atoms with Crippen molar-refractivity contribution in [1.29, 1.82) is 0 Å². The summed E-state index contributed by atoms with van der Waals surface area (Å²) in [6.07, 6.45) is 1.19. The highest BCUT2D eigenvalue weighted by molar-refractivity contribution is 7.13. The fraction of sp³-hybridized carbons (Fsp3) is 0.348. The molecule has 3 aliphatic rings. The Kier molecular flexibility index (Phi) is 10.0. The zero-order valence-corrected chi connectivity index (χ0v) is 34.4. The summed E-state index contributed by atoms with van der Waals surface area (Å²) in [5.41, 5.74) is 9.09. The molecule has 3 N–H and O–H groups in total. The van der Waals surface area contributed by atoms with Crippen molar-refractivity contribution in [1.82, 2.24) is 30.4 Å². The van der Waals surface area contributed by atoms with Crippen LogP contribution in [0.5, 0.6) is 5.75 Å². The number of para-hydroxylation sites is 1. The molecule has 3 aliphatic heterocycles. The molecule has 0 radical (unpaired) electrons. The van der Waals surface area contributed by atoms with Crippen LogP contribution in [0.4, 0.5) is 11.5 Å². The van der Waals surface area contributed by atoms with Crippen LogP contribution in [-0.2, 0) is 9.59 Å². The van der Waals surface area contributed by atoms with Crippen molar-refractivity contribution in [3.8, 4) is 27.4 Å². The molecule has 0 bridgehead atoms. The number of pyridine rings is 1. The van der Waals surface area contributed by atoms with Gasteiger partial charge in [-0.3, -0.25) is 9.59 Å². The van der Waals surface area contributed by atoms with Gasteiger partial charge in [0.1, 0.15) is 17.6 Å². The van der Waals surface area contributed by atoms with Gasteiger partial charge < -0.3 is 30.2 Å². The smallest absolute Gasteiger partial charge is 0.243 e. The number of carbonyl (C=O) groups excluding carboxylic acids is 2. The summed E-state index contributed by atoms with van der Waals surface area (Å²) in [5.74, 6) is 0.0430. The van der Waals surface area contributed by atoms with Crippen LogP contribution in [0.2, 0.25) is 0 Å². The number of hydrogen-bond donors (Lipinski definition) is 3. The molecular weight excluding hydrogens is 761 g/mol. The van der Waals surface area contributed by atoms with Crippen LogP contribution in [0, 0.1) is 18.3 Å². The number of aliphatic hydroxyl groups is 1. The quantitative estimate of drug-likeness (QED) is 0.136. The molecule has 12 nitrogen and oxygen atoms in total. The number of aromatic nitrogens is 4. The highest BCUT2D eigenvalue weighted by atomic mass is 32.1. The monoisotopic (exact) mass is 808 g/mol. The van der Waals surface area contributed by atoms with Crippen molar-refractivity contribution >= 4 is 45.6 Å². The number of phenolic OH excluding ortho intramolecular Hbond substituents is 1. The zero-order chi connectivity index (χ0) is 41.0. The maximum atomic E-state index is 14.4. The number of benzene rings is 3. The number of aliphatic hydroxyl groups excluding tert-OH is 1. The first-order valence-electron chi connectivity index (χ1n) is 20.3. The molecule has 4 atom stereocenters. The molecule has 3 aromatic carbocycles. The molecule has 13 heteroatoms. The molecular formula is C46H48N8O4S. The van der Waals surface area contributed by atoms with Gasteiger partial charge in [-0.2, -0.15) is 0 Å². The summed E-state index contributed by atoms with van der Waals surface area (Å²) in [7, 11) is 0. The topological polar surface area (TPSA) is 148 Å². The summed E-state index contributed by atoms with van der Waals surface area (Å²) >= 11 is 1.60. The standard InChI is InChI=1S/C46H48N8O4S/c1-27(2)42(45(58)54-21-35(55)20-39(54)44(57)49-28(3)30-9-11-31(12-10-30)43-29(4)48-26-59-43)33-15-16-47-41(18-33)53-24-46(25-53)22-52(23-46)34-14-13-32-17-38(51-50-37(32)19-34)36-7-5-6-8-40(36)56/h5-19,26-28,35,39,42,55-56H,20-25H2,1-4H3,(H,49,57)/t28-,35+,39-,42?/m0/s1. The van der Waals surface area contributed by atoms with E-state index in [4.69, 9.17) is 4.98 Å². The number of amides is 2. The van der Waals surface area contributed by atoms with E-state index in [0.717, 1.165) is 75.8 Å². The first-order valence-corrected chi connectivity index (χ1v) is 21.1. The molecule has 2 amide bonds. The Bertz CT molecular complexity index is 2530. The number of thiazole rings is 1. The lowest BCUT2D eigenvalue weighted by atomic mass is 9.72. The highest BCUT2D eigenvalue weighted by Gasteiger charge is 2.52. The number of β-amino-alcohol motifs (C(OH)–C–C–N with tert-alkyl or cyclic N) is 1. The second-order valence-corrected chi connectivity index (χ2v) is 17.7. The lowest BCUT2D eigenvalue weighted by molar-refractivity contribution is -0.140. The lowest BCUT2D eigenvalue weighted by Crippen LogP contribution is -2.72. The van der Waals surface area contributed by atoms with Gasteiger partial charge in [-0.1, -0.05) is 56.3 Å². The van der Waals surface area contributed by atoms with Gasteiger partial charge in [0.2, 0.25) is 11.8 Å². The molecule has 0 saturated carbocycles. The number of aromatic hydroxyl groups is 1. The third-order valence-corrected chi connectivity index (χ3v) is 13.2. The summed E-state index contributed by atoms with van der Waals surface area (Å²) in [5, 5.41) is 34.0. The van der Waals surface area contributed by atoms with Crippen LogP contribution in [0.25, 0.3) is 32.6 Å². The second kappa shape index (κ2) is 15.4.